The third kappa shape index (κ3) is 3.48. The van der Waals surface area contributed by atoms with Gasteiger partial charge in [0.1, 0.15) is 0 Å². The molecule has 1 saturated heterocycles. The van der Waals surface area contributed by atoms with Crippen molar-refractivity contribution in [2.75, 3.05) is 13.1 Å². The van der Waals surface area contributed by atoms with E-state index in [1.54, 1.807) is 0 Å². The third-order valence-corrected chi connectivity index (χ3v) is 5.07. The Bertz CT molecular complexity index is 237. The first-order chi connectivity index (χ1) is 8.58. The van der Waals surface area contributed by atoms with Crippen LogP contribution in [-0.4, -0.2) is 36.1 Å². The quantitative estimate of drug-likeness (QED) is 0.808. The van der Waals surface area contributed by atoms with Crippen LogP contribution >= 0.6 is 0 Å². The highest BCUT2D eigenvalue weighted by Crippen LogP contribution is 2.37. The topological polar surface area (TPSA) is 15.3 Å². The molecule has 1 saturated carbocycles. The smallest absolute Gasteiger partial charge is 0.0195 e. The summed E-state index contributed by atoms with van der Waals surface area (Å²) >= 11 is 0. The number of hydrogen-bond acceptors (Lipinski definition) is 2. The summed E-state index contributed by atoms with van der Waals surface area (Å²) in [6, 6.07) is 2.31. The van der Waals surface area contributed by atoms with Crippen molar-refractivity contribution in [3.63, 3.8) is 0 Å². The molecule has 2 fully saturated rings. The molecule has 1 atom stereocenters. The first-order valence-electron chi connectivity index (χ1n) is 8.07. The van der Waals surface area contributed by atoms with E-state index in [9.17, 15) is 0 Å². The second-order valence-electron chi connectivity index (χ2n) is 7.07. The largest absolute Gasteiger partial charge is 0.313 e. The fourth-order valence-corrected chi connectivity index (χ4v) is 3.56. The summed E-state index contributed by atoms with van der Waals surface area (Å²) in [4.78, 5) is 2.77. The van der Waals surface area contributed by atoms with Crippen molar-refractivity contribution < 1.29 is 0 Å². The maximum absolute atomic E-state index is 3.70. The molecule has 0 spiro atoms. The van der Waals surface area contributed by atoms with E-state index in [4.69, 9.17) is 0 Å². The normalized spacial score (nSPS) is 33.2. The Hall–Kier alpha value is -0.0800. The van der Waals surface area contributed by atoms with E-state index in [0.29, 0.717) is 6.04 Å². The number of hydrogen-bond donors (Lipinski definition) is 1. The highest BCUT2D eigenvalue weighted by Gasteiger charge is 2.36. The van der Waals surface area contributed by atoms with Crippen molar-refractivity contribution in [3.05, 3.63) is 0 Å². The van der Waals surface area contributed by atoms with Gasteiger partial charge in [0.25, 0.3) is 0 Å². The molecule has 106 valence electrons. The SMILES string of the molecule is CC(C)C1CC(N(CC2CCCCN2)C(C)C)C1. The van der Waals surface area contributed by atoms with Gasteiger partial charge in [-0.2, -0.15) is 0 Å². The molecule has 0 aromatic carbocycles. The second-order valence-corrected chi connectivity index (χ2v) is 7.07. The Balaban J connectivity index is 1.81. The minimum atomic E-state index is 0.701. The lowest BCUT2D eigenvalue weighted by Gasteiger charge is -2.48. The monoisotopic (exact) mass is 252 g/mol. The summed E-state index contributed by atoms with van der Waals surface area (Å²) in [5.41, 5.74) is 0. The zero-order chi connectivity index (χ0) is 13.1. The molecule has 0 aromatic heterocycles. The van der Waals surface area contributed by atoms with Crippen LogP contribution in [0.1, 0.15) is 59.8 Å². The van der Waals surface area contributed by atoms with Gasteiger partial charge < -0.3 is 5.32 Å². The minimum absolute atomic E-state index is 0.701. The van der Waals surface area contributed by atoms with Crippen LogP contribution in [0.2, 0.25) is 0 Å². The maximum Gasteiger partial charge on any atom is 0.0195 e. The Morgan fingerprint density at radius 3 is 2.33 bits per heavy atom. The molecule has 1 aliphatic carbocycles. The first-order valence-corrected chi connectivity index (χ1v) is 8.07. The zero-order valence-corrected chi connectivity index (χ0v) is 12.8. The Labute approximate surface area is 114 Å². The van der Waals surface area contributed by atoms with E-state index in [1.165, 1.54) is 45.2 Å². The summed E-state index contributed by atoms with van der Waals surface area (Å²) in [6.45, 7) is 12.0. The van der Waals surface area contributed by atoms with Gasteiger partial charge in [-0.25, -0.2) is 0 Å². The molecule has 0 amide bonds. The van der Waals surface area contributed by atoms with Gasteiger partial charge in [-0.05, 0) is 57.9 Å². The number of nitrogens with zero attached hydrogens (tertiary/aromatic N) is 1. The molecule has 2 rings (SSSR count). The molecule has 2 aliphatic rings. The highest BCUT2D eigenvalue weighted by atomic mass is 15.2. The van der Waals surface area contributed by atoms with Crippen LogP contribution in [0.3, 0.4) is 0 Å². The second kappa shape index (κ2) is 6.38. The molecule has 1 aliphatic heterocycles. The average Bonchev–Trinajstić information content (AvgIpc) is 2.26. The highest BCUT2D eigenvalue weighted by molar-refractivity contribution is 4.91. The van der Waals surface area contributed by atoms with Crippen LogP contribution in [0.5, 0.6) is 0 Å². The van der Waals surface area contributed by atoms with Gasteiger partial charge in [0.15, 0.2) is 0 Å². The standard InChI is InChI=1S/C16H32N2/c1-12(2)14-9-16(10-14)18(13(3)4)11-15-7-5-6-8-17-15/h12-17H,5-11H2,1-4H3. The molecule has 2 heteroatoms. The van der Waals surface area contributed by atoms with Crippen LogP contribution < -0.4 is 5.32 Å². The fourth-order valence-electron chi connectivity index (χ4n) is 3.56. The lowest BCUT2D eigenvalue weighted by atomic mass is 9.72. The number of piperidine rings is 1. The predicted molar refractivity (Wildman–Crippen MR) is 78.8 cm³/mol. The average molecular weight is 252 g/mol. The summed E-state index contributed by atoms with van der Waals surface area (Å²) in [7, 11) is 0. The summed E-state index contributed by atoms with van der Waals surface area (Å²) < 4.78 is 0. The van der Waals surface area contributed by atoms with Gasteiger partial charge in [0.2, 0.25) is 0 Å². The molecule has 18 heavy (non-hydrogen) atoms. The van der Waals surface area contributed by atoms with E-state index in [1.807, 2.05) is 0 Å². The number of rotatable bonds is 5. The van der Waals surface area contributed by atoms with Crippen molar-refractivity contribution in [1.82, 2.24) is 10.2 Å². The first kappa shape index (κ1) is 14.3. The molecule has 2 nitrogen and oxygen atoms in total. The minimum Gasteiger partial charge on any atom is -0.313 e. The van der Waals surface area contributed by atoms with Crippen LogP contribution in [0.25, 0.3) is 0 Å². The van der Waals surface area contributed by atoms with Gasteiger partial charge in [-0.1, -0.05) is 20.3 Å². The van der Waals surface area contributed by atoms with Gasteiger partial charge in [0.05, 0.1) is 0 Å². The molecule has 0 bridgehead atoms. The lowest BCUT2D eigenvalue weighted by molar-refractivity contribution is 0.0254. The van der Waals surface area contributed by atoms with E-state index < -0.39 is 0 Å². The van der Waals surface area contributed by atoms with Gasteiger partial charge in [-0.3, -0.25) is 4.90 Å². The molecule has 1 unspecified atom stereocenters. The van der Waals surface area contributed by atoms with Crippen LogP contribution in [-0.2, 0) is 0 Å². The van der Waals surface area contributed by atoms with E-state index >= 15 is 0 Å². The van der Waals surface area contributed by atoms with Crippen molar-refractivity contribution in [3.8, 4) is 0 Å². The fraction of sp³-hybridized carbons (Fsp3) is 1.00. The maximum atomic E-state index is 3.70. The number of nitrogens with one attached hydrogen (secondary N) is 1. The lowest BCUT2D eigenvalue weighted by Crippen LogP contribution is -2.54. The zero-order valence-electron chi connectivity index (χ0n) is 12.8. The van der Waals surface area contributed by atoms with Crippen LogP contribution in [0.15, 0.2) is 0 Å². The molecular formula is C16H32N2. The van der Waals surface area contributed by atoms with Crippen molar-refractivity contribution in [2.45, 2.75) is 77.9 Å². The summed E-state index contributed by atoms with van der Waals surface area (Å²) in [5, 5.41) is 3.70. The molecule has 0 aromatic rings. The van der Waals surface area contributed by atoms with Crippen LogP contribution in [0, 0.1) is 11.8 Å². The van der Waals surface area contributed by atoms with E-state index in [-0.39, 0.29) is 0 Å². The molecular weight excluding hydrogens is 220 g/mol. The van der Waals surface area contributed by atoms with Gasteiger partial charge in [-0.15, -0.1) is 0 Å². The summed E-state index contributed by atoms with van der Waals surface area (Å²) in [6.07, 6.45) is 7.04. The molecule has 0 radical (unpaired) electrons. The van der Waals surface area contributed by atoms with Crippen molar-refractivity contribution in [2.24, 2.45) is 11.8 Å². The third-order valence-electron chi connectivity index (χ3n) is 5.07. The van der Waals surface area contributed by atoms with Crippen LogP contribution in [0.4, 0.5) is 0 Å². The Morgan fingerprint density at radius 2 is 1.83 bits per heavy atom. The predicted octanol–water partition coefficient (Wildman–Crippen LogP) is 3.27. The molecule has 1 N–H and O–H groups in total. The van der Waals surface area contributed by atoms with Crippen molar-refractivity contribution >= 4 is 0 Å². The van der Waals surface area contributed by atoms with Gasteiger partial charge in [0, 0.05) is 24.7 Å². The van der Waals surface area contributed by atoms with Crippen molar-refractivity contribution in [1.29, 1.82) is 0 Å². The Morgan fingerprint density at radius 1 is 1.11 bits per heavy atom. The Kier molecular flexibility index (Phi) is 5.08. The molecule has 1 heterocycles. The van der Waals surface area contributed by atoms with Gasteiger partial charge >= 0.3 is 0 Å². The summed E-state index contributed by atoms with van der Waals surface area (Å²) in [5.74, 6) is 1.86. The van der Waals surface area contributed by atoms with E-state index in [2.05, 4.69) is 37.9 Å². The van der Waals surface area contributed by atoms with E-state index in [0.717, 1.165) is 23.9 Å².